The Balaban J connectivity index is 3.06. The molecule has 0 aliphatic rings. The first-order valence-corrected chi connectivity index (χ1v) is 3.76. The number of hydrogen-bond acceptors (Lipinski definition) is 4. The molecule has 4 heteroatoms. The molecule has 2 aromatic rings. The molecule has 40 valence electrons. The number of nitrogens with zero attached hydrogens (tertiary/aromatic N) is 2. The molecule has 0 fully saturated rings. The highest BCUT2D eigenvalue weighted by atomic mass is 32.1. The zero-order valence-electron chi connectivity index (χ0n) is 3.87. The second-order valence-corrected chi connectivity index (χ2v) is 3.01. The third-order valence-electron chi connectivity index (χ3n) is 0.870. The summed E-state index contributed by atoms with van der Waals surface area (Å²) in [5, 5.41) is 0. The molecular weight excluding hydrogens is 140 g/mol. The average Bonchev–Trinajstić information content (AvgIpc) is 2.15. The summed E-state index contributed by atoms with van der Waals surface area (Å²) in [6.07, 6.45) is 1.84. The normalized spacial score (nSPS) is 10.5. The van der Waals surface area contributed by atoms with Gasteiger partial charge in [0.1, 0.15) is 0 Å². The Labute approximate surface area is 54.0 Å². The highest BCUT2D eigenvalue weighted by Gasteiger charge is 1.94. The first-order chi connectivity index (χ1) is 3.97. The molecule has 2 rings (SSSR count). The van der Waals surface area contributed by atoms with Gasteiger partial charge in [0.05, 0.1) is 16.4 Å². The minimum Gasteiger partial charge on any atom is -0.232 e. The topological polar surface area (TPSA) is 25.8 Å². The van der Waals surface area contributed by atoms with Crippen LogP contribution in [0.4, 0.5) is 0 Å². The van der Waals surface area contributed by atoms with E-state index in [0.29, 0.717) is 0 Å². The van der Waals surface area contributed by atoms with E-state index in [-0.39, 0.29) is 0 Å². The van der Waals surface area contributed by atoms with Crippen LogP contribution in [-0.4, -0.2) is 9.36 Å². The molecule has 2 heterocycles. The third-order valence-corrected chi connectivity index (χ3v) is 2.47. The Morgan fingerprint density at radius 1 is 1.50 bits per heavy atom. The van der Waals surface area contributed by atoms with Gasteiger partial charge in [-0.05, 0) is 11.5 Å². The molecule has 8 heavy (non-hydrogen) atoms. The molecule has 0 spiro atoms. The maximum atomic E-state index is 4.05. The van der Waals surface area contributed by atoms with Crippen molar-refractivity contribution < 1.29 is 0 Å². The van der Waals surface area contributed by atoms with Gasteiger partial charge in [0.2, 0.25) is 0 Å². The molecule has 0 saturated carbocycles. The molecule has 2 aromatic heterocycles. The van der Waals surface area contributed by atoms with Gasteiger partial charge >= 0.3 is 0 Å². The van der Waals surface area contributed by atoms with Crippen LogP contribution in [0.3, 0.4) is 0 Å². The molecule has 0 aliphatic heterocycles. The second-order valence-electron chi connectivity index (χ2n) is 1.35. The summed E-state index contributed by atoms with van der Waals surface area (Å²) >= 11 is 3.07. The summed E-state index contributed by atoms with van der Waals surface area (Å²) in [6, 6.07) is 0. The lowest BCUT2D eigenvalue weighted by Crippen LogP contribution is -1.46. The third kappa shape index (κ3) is 0.468. The Hall–Kier alpha value is -0.480. The average molecular weight is 142 g/mol. The van der Waals surface area contributed by atoms with Gasteiger partial charge in [0, 0.05) is 0 Å². The van der Waals surface area contributed by atoms with E-state index in [2.05, 4.69) is 9.36 Å². The number of hydrogen-bond donors (Lipinski definition) is 0. The van der Waals surface area contributed by atoms with Crippen molar-refractivity contribution in [2.24, 2.45) is 0 Å². The fraction of sp³-hybridized carbons (Fsp3) is 0. The van der Waals surface area contributed by atoms with Crippen molar-refractivity contribution in [3.63, 3.8) is 0 Å². The van der Waals surface area contributed by atoms with E-state index in [1.165, 1.54) is 16.2 Å². The van der Waals surface area contributed by atoms with Crippen molar-refractivity contribution >= 4 is 32.4 Å². The lowest BCUT2D eigenvalue weighted by atomic mass is 10.7. The predicted octanol–water partition coefficient (Wildman–Crippen LogP) is 1.75. The van der Waals surface area contributed by atoms with Crippen molar-refractivity contribution in [3.8, 4) is 0 Å². The van der Waals surface area contributed by atoms with Crippen LogP contribution in [0.2, 0.25) is 0 Å². The van der Waals surface area contributed by atoms with E-state index < -0.39 is 0 Å². The van der Waals surface area contributed by atoms with Gasteiger partial charge in [-0.2, -0.15) is 4.37 Å². The second kappa shape index (κ2) is 1.50. The summed E-state index contributed by atoms with van der Waals surface area (Å²) in [7, 11) is 0. The standard InChI is InChI=1S/C4H2N2S2/c1-3-4(8-6-1)5-2-7-3/h1-2H. The van der Waals surface area contributed by atoms with Crippen LogP contribution in [-0.2, 0) is 0 Å². The summed E-state index contributed by atoms with van der Waals surface area (Å²) in [5.41, 5.74) is 1.84. The molecular formula is C4H2N2S2. The maximum absolute atomic E-state index is 4.05. The molecule has 0 radical (unpaired) electrons. The maximum Gasteiger partial charge on any atom is 0.154 e. The zero-order valence-corrected chi connectivity index (χ0v) is 5.50. The van der Waals surface area contributed by atoms with Crippen LogP contribution in [0.5, 0.6) is 0 Å². The van der Waals surface area contributed by atoms with Crippen LogP contribution in [0.25, 0.3) is 9.53 Å². The van der Waals surface area contributed by atoms with Crippen molar-refractivity contribution in [3.05, 3.63) is 11.7 Å². The van der Waals surface area contributed by atoms with E-state index in [4.69, 9.17) is 0 Å². The molecule has 0 unspecified atom stereocenters. The van der Waals surface area contributed by atoms with E-state index in [9.17, 15) is 0 Å². The zero-order chi connectivity index (χ0) is 5.40. The number of fused-ring (bicyclic) bond motifs is 1. The first kappa shape index (κ1) is 4.40. The van der Waals surface area contributed by atoms with Crippen LogP contribution in [0.1, 0.15) is 0 Å². The molecule has 0 bridgehead atoms. The van der Waals surface area contributed by atoms with E-state index in [0.717, 1.165) is 4.83 Å². The molecule has 0 N–H and O–H groups in total. The predicted molar refractivity (Wildman–Crippen MR) is 35.3 cm³/mol. The largest absolute Gasteiger partial charge is 0.232 e. The molecule has 0 aromatic carbocycles. The SMILES string of the molecule is c1nc2sncc2s1. The van der Waals surface area contributed by atoms with E-state index in [1.54, 1.807) is 11.3 Å². The van der Waals surface area contributed by atoms with Gasteiger partial charge < -0.3 is 0 Å². The molecule has 0 aliphatic carbocycles. The summed E-state index contributed by atoms with van der Waals surface area (Å²) in [4.78, 5) is 5.10. The lowest BCUT2D eigenvalue weighted by Gasteiger charge is -1.59. The monoisotopic (exact) mass is 142 g/mol. The fourth-order valence-electron chi connectivity index (χ4n) is 0.523. The van der Waals surface area contributed by atoms with Crippen molar-refractivity contribution in [1.82, 2.24) is 9.36 Å². The van der Waals surface area contributed by atoms with Crippen LogP contribution >= 0.6 is 22.9 Å². The smallest absolute Gasteiger partial charge is 0.154 e. The van der Waals surface area contributed by atoms with E-state index >= 15 is 0 Å². The minimum atomic E-state index is 1.05. The highest BCUT2D eigenvalue weighted by Crippen LogP contribution is 2.19. The number of thiazole rings is 1. The van der Waals surface area contributed by atoms with Crippen LogP contribution < -0.4 is 0 Å². The van der Waals surface area contributed by atoms with E-state index in [1.807, 2.05) is 11.7 Å². The Kier molecular flexibility index (Phi) is 0.824. The van der Waals surface area contributed by atoms with Crippen molar-refractivity contribution in [2.75, 3.05) is 0 Å². The summed E-state index contributed by atoms with van der Waals surface area (Å²) in [5.74, 6) is 0. The fourth-order valence-corrected chi connectivity index (χ4v) is 1.95. The van der Waals surface area contributed by atoms with Gasteiger partial charge in [-0.1, -0.05) is 0 Å². The first-order valence-electron chi connectivity index (χ1n) is 2.11. The van der Waals surface area contributed by atoms with Crippen LogP contribution in [0.15, 0.2) is 11.7 Å². The molecule has 0 saturated heterocycles. The van der Waals surface area contributed by atoms with Crippen LogP contribution in [0, 0.1) is 0 Å². The molecule has 0 amide bonds. The Bertz CT molecular complexity index is 233. The van der Waals surface area contributed by atoms with Gasteiger partial charge in [-0.25, -0.2) is 4.98 Å². The highest BCUT2D eigenvalue weighted by molar-refractivity contribution is 7.23. The lowest BCUT2D eigenvalue weighted by molar-refractivity contribution is 1.54. The Morgan fingerprint density at radius 3 is 3.38 bits per heavy atom. The van der Waals surface area contributed by atoms with Gasteiger partial charge in [-0.15, -0.1) is 11.3 Å². The quantitative estimate of drug-likeness (QED) is 0.560. The number of rotatable bonds is 0. The molecule has 2 nitrogen and oxygen atoms in total. The van der Waals surface area contributed by atoms with Gasteiger partial charge in [0.25, 0.3) is 0 Å². The van der Waals surface area contributed by atoms with Gasteiger partial charge in [0.15, 0.2) is 4.83 Å². The number of aromatic nitrogens is 2. The van der Waals surface area contributed by atoms with Crippen molar-refractivity contribution in [2.45, 2.75) is 0 Å². The summed E-state index contributed by atoms with van der Waals surface area (Å²) < 4.78 is 5.14. The minimum absolute atomic E-state index is 1.05. The molecule has 0 atom stereocenters. The van der Waals surface area contributed by atoms with Gasteiger partial charge in [-0.3, -0.25) is 0 Å². The Morgan fingerprint density at radius 2 is 2.50 bits per heavy atom. The summed E-state index contributed by atoms with van der Waals surface area (Å²) in [6.45, 7) is 0. The van der Waals surface area contributed by atoms with Crippen molar-refractivity contribution in [1.29, 1.82) is 0 Å².